The number of rotatable bonds is 3. The Kier molecular flexibility index (Phi) is 5.78. The molecule has 2 heterocycles. The van der Waals surface area contributed by atoms with Crippen LogP contribution in [0.2, 0.25) is 0 Å². The Morgan fingerprint density at radius 3 is 2.58 bits per heavy atom. The molecule has 0 atom stereocenters. The highest BCUT2D eigenvalue weighted by atomic mass is 32.2. The summed E-state index contributed by atoms with van der Waals surface area (Å²) in [6, 6.07) is 8.93. The van der Waals surface area contributed by atoms with Crippen LogP contribution in [0.5, 0.6) is 0 Å². The number of nitrogens with zero attached hydrogens (tertiary/aromatic N) is 2. The van der Waals surface area contributed by atoms with Crippen molar-refractivity contribution in [2.75, 3.05) is 26.2 Å². The molecule has 0 aliphatic carbocycles. The van der Waals surface area contributed by atoms with E-state index < -0.39 is 15.8 Å². The van der Waals surface area contributed by atoms with Gasteiger partial charge in [-0.3, -0.25) is 4.98 Å². The highest BCUT2D eigenvalue weighted by Gasteiger charge is 2.28. The molecule has 2 aromatic rings. The monoisotopic (exact) mass is 371 g/mol. The molecule has 5 nitrogen and oxygen atoms in total. The van der Waals surface area contributed by atoms with E-state index in [4.69, 9.17) is 0 Å². The van der Waals surface area contributed by atoms with Crippen molar-refractivity contribution in [2.45, 2.75) is 0 Å². The van der Waals surface area contributed by atoms with E-state index in [1.54, 1.807) is 24.5 Å². The average molecular weight is 371 g/mol. The molecule has 134 valence electrons. The molecule has 0 spiro atoms. The van der Waals surface area contributed by atoms with Crippen molar-refractivity contribution in [3.8, 4) is 11.8 Å². The molecule has 1 saturated heterocycles. The molecular weight excluding hydrogens is 353 g/mol. The van der Waals surface area contributed by atoms with Crippen molar-refractivity contribution in [1.82, 2.24) is 14.6 Å². The summed E-state index contributed by atoms with van der Waals surface area (Å²) in [6.45, 7) is 1.96. The van der Waals surface area contributed by atoms with E-state index in [1.165, 1.54) is 34.6 Å². The molecule has 1 aliphatic heterocycles. The summed E-state index contributed by atoms with van der Waals surface area (Å²) in [5, 5.41) is 3.13. The molecule has 3 rings (SSSR count). The van der Waals surface area contributed by atoms with Crippen LogP contribution >= 0.6 is 0 Å². The van der Waals surface area contributed by atoms with Crippen LogP contribution < -0.4 is 5.32 Å². The molecular formula is C19H18FN3O2S. The highest BCUT2D eigenvalue weighted by Crippen LogP contribution is 2.25. The van der Waals surface area contributed by atoms with Crippen LogP contribution in [0.3, 0.4) is 0 Å². The molecule has 1 fully saturated rings. The van der Waals surface area contributed by atoms with Gasteiger partial charge in [-0.2, -0.15) is 4.31 Å². The lowest BCUT2D eigenvalue weighted by Crippen LogP contribution is -2.46. The summed E-state index contributed by atoms with van der Waals surface area (Å²) in [4.78, 5) is 4.04. The van der Waals surface area contributed by atoms with Crippen LogP contribution in [-0.4, -0.2) is 43.9 Å². The Labute approximate surface area is 152 Å². The second kappa shape index (κ2) is 8.23. The van der Waals surface area contributed by atoms with E-state index in [-0.39, 0.29) is 4.91 Å². The van der Waals surface area contributed by atoms with Crippen molar-refractivity contribution >= 4 is 14.9 Å². The number of nitrogens with one attached hydrogen (secondary N) is 1. The van der Waals surface area contributed by atoms with Crippen LogP contribution in [-0.2, 0) is 10.0 Å². The summed E-state index contributed by atoms with van der Waals surface area (Å²) in [6.07, 6.45) is 4.61. The van der Waals surface area contributed by atoms with Gasteiger partial charge < -0.3 is 5.32 Å². The van der Waals surface area contributed by atoms with Crippen LogP contribution in [0.1, 0.15) is 11.1 Å². The van der Waals surface area contributed by atoms with E-state index in [0.717, 1.165) is 0 Å². The van der Waals surface area contributed by atoms with Crippen molar-refractivity contribution in [3.63, 3.8) is 0 Å². The second-order valence-corrected chi connectivity index (χ2v) is 7.59. The lowest BCUT2D eigenvalue weighted by Gasteiger charge is -2.27. The van der Waals surface area contributed by atoms with Crippen LogP contribution in [0.4, 0.5) is 4.39 Å². The van der Waals surface area contributed by atoms with Crippen molar-refractivity contribution in [3.05, 3.63) is 71.8 Å². The smallest absolute Gasteiger partial charge is 0.244 e. The first kappa shape index (κ1) is 18.3. The van der Waals surface area contributed by atoms with E-state index in [0.29, 0.717) is 37.3 Å². The molecule has 7 heteroatoms. The minimum absolute atomic E-state index is 0.0655. The molecule has 1 aromatic carbocycles. The third kappa shape index (κ3) is 4.35. The number of sulfonamides is 1. The maximum absolute atomic E-state index is 13.3. The van der Waals surface area contributed by atoms with Crippen molar-refractivity contribution in [1.29, 1.82) is 0 Å². The molecule has 0 saturated carbocycles. The van der Waals surface area contributed by atoms with Gasteiger partial charge >= 0.3 is 0 Å². The molecule has 1 aromatic heterocycles. The third-order valence-corrected chi connectivity index (χ3v) is 5.86. The highest BCUT2D eigenvalue weighted by molar-refractivity contribution is 7.98. The first-order valence-electron chi connectivity index (χ1n) is 8.16. The maximum Gasteiger partial charge on any atom is 0.244 e. The van der Waals surface area contributed by atoms with Gasteiger partial charge in [-0.1, -0.05) is 24.0 Å². The number of halogens is 1. The molecule has 26 heavy (non-hydrogen) atoms. The zero-order valence-corrected chi connectivity index (χ0v) is 14.8. The fourth-order valence-electron chi connectivity index (χ4n) is 2.57. The van der Waals surface area contributed by atoms with Gasteiger partial charge in [0.05, 0.1) is 4.91 Å². The number of allylic oxidation sites excluding steroid dienone is 1. The van der Waals surface area contributed by atoms with Gasteiger partial charge in [0.1, 0.15) is 5.82 Å². The number of hydrogen-bond acceptors (Lipinski definition) is 4. The normalized spacial score (nSPS) is 16.0. The Morgan fingerprint density at radius 1 is 1.19 bits per heavy atom. The number of benzene rings is 1. The van der Waals surface area contributed by atoms with E-state index in [9.17, 15) is 12.8 Å². The van der Waals surface area contributed by atoms with Gasteiger partial charge in [0, 0.05) is 50.2 Å². The summed E-state index contributed by atoms with van der Waals surface area (Å²) >= 11 is 0. The standard InChI is InChI=1S/C19H18FN3O2S/c20-18-8-6-17(7-9-18)19(5-1-3-16-4-2-10-22-15-16)26(24,25)23-13-11-21-12-14-23/h2,4-10,15,21H,11-14H2/b19-5+. The fourth-order valence-corrected chi connectivity index (χ4v) is 4.15. The number of aromatic nitrogens is 1. The molecule has 1 aliphatic rings. The Morgan fingerprint density at radius 2 is 1.92 bits per heavy atom. The zero-order valence-electron chi connectivity index (χ0n) is 14.0. The van der Waals surface area contributed by atoms with Crippen LogP contribution in [0.15, 0.2) is 54.9 Å². The van der Waals surface area contributed by atoms with Gasteiger partial charge in [-0.25, -0.2) is 12.8 Å². The minimum atomic E-state index is -3.73. The lowest BCUT2D eigenvalue weighted by molar-refractivity contribution is 0.365. The summed E-state index contributed by atoms with van der Waals surface area (Å²) in [5.74, 6) is 5.24. The van der Waals surface area contributed by atoms with Gasteiger partial charge in [0.25, 0.3) is 0 Å². The van der Waals surface area contributed by atoms with Crippen molar-refractivity contribution in [2.24, 2.45) is 0 Å². The Balaban J connectivity index is 2.00. The average Bonchev–Trinajstić information content (AvgIpc) is 2.68. The third-order valence-electron chi connectivity index (χ3n) is 3.90. The van der Waals surface area contributed by atoms with Gasteiger partial charge in [-0.05, 0) is 29.8 Å². The quantitative estimate of drug-likeness (QED) is 0.837. The molecule has 0 unspecified atom stereocenters. The fraction of sp³-hybridized carbons (Fsp3) is 0.211. The topological polar surface area (TPSA) is 62.3 Å². The zero-order chi connectivity index (χ0) is 18.4. The van der Waals surface area contributed by atoms with Crippen LogP contribution in [0.25, 0.3) is 4.91 Å². The number of pyridine rings is 1. The Bertz CT molecular complexity index is 940. The molecule has 1 N–H and O–H groups in total. The predicted octanol–water partition coefficient (Wildman–Crippen LogP) is 1.85. The maximum atomic E-state index is 13.3. The lowest BCUT2D eigenvalue weighted by atomic mass is 10.2. The first-order valence-corrected chi connectivity index (χ1v) is 9.60. The largest absolute Gasteiger partial charge is 0.314 e. The summed E-state index contributed by atoms with van der Waals surface area (Å²) < 4.78 is 40.8. The van der Waals surface area contributed by atoms with Gasteiger partial charge in [0.15, 0.2) is 0 Å². The SMILES string of the molecule is O=S(=O)(/C(=C/C#Cc1cccnc1)c1ccc(F)cc1)N1CCNCC1. The van der Waals surface area contributed by atoms with E-state index in [1.807, 2.05) is 0 Å². The molecule has 0 amide bonds. The second-order valence-electron chi connectivity index (χ2n) is 5.68. The van der Waals surface area contributed by atoms with Crippen molar-refractivity contribution < 1.29 is 12.8 Å². The number of hydrogen-bond donors (Lipinski definition) is 1. The molecule has 0 bridgehead atoms. The van der Waals surface area contributed by atoms with Gasteiger partial charge in [-0.15, -0.1) is 0 Å². The van der Waals surface area contributed by atoms with Gasteiger partial charge in [0.2, 0.25) is 10.0 Å². The van der Waals surface area contributed by atoms with E-state index >= 15 is 0 Å². The first-order chi connectivity index (χ1) is 12.6. The summed E-state index contributed by atoms with van der Waals surface area (Å²) in [7, 11) is -3.73. The predicted molar refractivity (Wildman–Crippen MR) is 98.9 cm³/mol. The Hall–Kier alpha value is -2.53. The molecule has 0 radical (unpaired) electrons. The number of piperazine rings is 1. The van der Waals surface area contributed by atoms with E-state index in [2.05, 4.69) is 22.1 Å². The summed E-state index contributed by atoms with van der Waals surface area (Å²) in [5.41, 5.74) is 1.09. The minimum Gasteiger partial charge on any atom is -0.314 e. The van der Waals surface area contributed by atoms with Crippen LogP contribution in [0, 0.1) is 17.7 Å².